The lowest BCUT2D eigenvalue weighted by molar-refractivity contribution is -0.137. The van der Waals surface area contributed by atoms with Gasteiger partial charge in [0.05, 0.1) is 11.7 Å². The van der Waals surface area contributed by atoms with Crippen LogP contribution in [-0.4, -0.2) is 61.3 Å². The quantitative estimate of drug-likeness (QED) is 0.691. The molecule has 32 heavy (non-hydrogen) atoms. The van der Waals surface area contributed by atoms with Crippen LogP contribution in [0.3, 0.4) is 0 Å². The molecule has 2 fully saturated rings. The Balaban J connectivity index is 1.35. The van der Waals surface area contributed by atoms with Crippen molar-refractivity contribution in [2.24, 2.45) is 0 Å². The Hall–Kier alpha value is -2.81. The largest absolute Gasteiger partial charge is 0.491 e. The molecule has 0 radical (unpaired) electrons. The standard InChI is InChI=1S/C23H26F3N3O3/c24-23(25,26)18-7-8-21(27-15-18)28-9-3-10-29(12-11-28)22(30)17-4-1-5-19(14-17)32-16-20-6-2-13-31-20/h1,4-5,7-8,14-15,20H,2-3,6,9-13,16H2. The average molecular weight is 449 g/mol. The Labute approximate surface area is 184 Å². The Morgan fingerprint density at radius 1 is 1.12 bits per heavy atom. The second-order valence-corrected chi connectivity index (χ2v) is 8.01. The molecule has 1 atom stereocenters. The first-order valence-corrected chi connectivity index (χ1v) is 10.8. The van der Waals surface area contributed by atoms with Crippen LogP contribution in [0.5, 0.6) is 5.75 Å². The third kappa shape index (κ3) is 5.51. The third-order valence-electron chi connectivity index (χ3n) is 5.72. The molecule has 4 rings (SSSR count). The molecule has 2 saturated heterocycles. The van der Waals surface area contributed by atoms with Gasteiger partial charge in [-0.25, -0.2) is 4.98 Å². The zero-order valence-electron chi connectivity index (χ0n) is 17.7. The molecule has 0 bridgehead atoms. The molecule has 1 amide bonds. The number of rotatable bonds is 5. The van der Waals surface area contributed by atoms with Gasteiger partial charge in [0.15, 0.2) is 0 Å². The summed E-state index contributed by atoms with van der Waals surface area (Å²) in [6.45, 7) is 3.38. The minimum absolute atomic E-state index is 0.0882. The molecule has 0 N–H and O–H groups in total. The fraction of sp³-hybridized carbons (Fsp3) is 0.478. The van der Waals surface area contributed by atoms with Crippen molar-refractivity contribution in [3.8, 4) is 5.75 Å². The van der Waals surface area contributed by atoms with Gasteiger partial charge in [-0.2, -0.15) is 13.2 Å². The zero-order chi connectivity index (χ0) is 22.6. The number of benzene rings is 1. The molecule has 0 saturated carbocycles. The highest BCUT2D eigenvalue weighted by molar-refractivity contribution is 5.94. The summed E-state index contributed by atoms with van der Waals surface area (Å²) >= 11 is 0. The van der Waals surface area contributed by atoms with Gasteiger partial charge in [-0.3, -0.25) is 4.79 Å². The molecule has 0 spiro atoms. The molecular formula is C23H26F3N3O3. The van der Waals surface area contributed by atoms with Crippen LogP contribution in [0.25, 0.3) is 0 Å². The van der Waals surface area contributed by atoms with Crippen LogP contribution in [0, 0.1) is 0 Å². The molecule has 3 heterocycles. The lowest BCUT2D eigenvalue weighted by atomic mass is 10.2. The predicted molar refractivity (Wildman–Crippen MR) is 113 cm³/mol. The van der Waals surface area contributed by atoms with E-state index >= 15 is 0 Å². The molecule has 0 aliphatic carbocycles. The molecule has 1 unspecified atom stereocenters. The normalized spacial score (nSPS) is 19.7. The molecule has 1 aromatic carbocycles. The number of carbonyl (C=O) groups excluding carboxylic acids is 1. The lowest BCUT2D eigenvalue weighted by Crippen LogP contribution is -2.35. The molecular weight excluding hydrogens is 423 g/mol. The summed E-state index contributed by atoms with van der Waals surface area (Å²) in [6, 6.07) is 9.56. The van der Waals surface area contributed by atoms with Crippen LogP contribution in [0.15, 0.2) is 42.6 Å². The molecule has 9 heteroatoms. The number of alkyl halides is 3. The van der Waals surface area contributed by atoms with Crippen LogP contribution in [0.1, 0.15) is 35.2 Å². The van der Waals surface area contributed by atoms with Crippen molar-refractivity contribution in [1.82, 2.24) is 9.88 Å². The maximum absolute atomic E-state index is 13.0. The molecule has 2 aliphatic heterocycles. The maximum Gasteiger partial charge on any atom is 0.417 e. The number of carbonyl (C=O) groups is 1. The summed E-state index contributed by atoms with van der Waals surface area (Å²) in [5, 5.41) is 0. The van der Waals surface area contributed by atoms with Crippen molar-refractivity contribution in [1.29, 1.82) is 0 Å². The Bertz CT molecular complexity index is 915. The van der Waals surface area contributed by atoms with E-state index in [1.807, 2.05) is 11.0 Å². The van der Waals surface area contributed by atoms with Crippen molar-refractivity contribution in [2.75, 3.05) is 44.3 Å². The Kier molecular flexibility index (Phi) is 6.83. The number of pyridine rings is 1. The minimum Gasteiger partial charge on any atom is -0.491 e. The summed E-state index contributed by atoms with van der Waals surface area (Å²) in [7, 11) is 0. The number of amides is 1. The molecule has 2 aliphatic rings. The van der Waals surface area contributed by atoms with Gasteiger partial charge < -0.3 is 19.3 Å². The van der Waals surface area contributed by atoms with Crippen LogP contribution >= 0.6 is 0 Å². The van der Waals surface area contributed by atoms with Crippen LogP contribution in [0.2, 0.25) is 0 Å². The summed E-state index contributed by atoms with van der Waals surface area (Å²) in [6.07, 6.45) is -0.730. The van der Waals surface area contributed by atoms with Crippen molar-refractivity contribution < 1.29 is 27.4 Å². The van der Waals surface area contributed by atoms with E-state index in [-0.39, 0.29) is 12.0 Å². The number of nitrogens with zero attached hydrogens (tertiary/aromatic N) is 3. The van der Waals surface area contributed by atoms with E-state index < -0.39 is 11.7 Å². The van der Waals surface area contributed by atoms with Crippen molar-refractivity contribution in [3.05, 3.63) is 53.7 Å². The summed E-state index contributed by atoms with van der Waals surface area (Å²) in [5.41, 5.74) is -0.217. The molecule has 2 aromatic rings. The number of aromatic nitrogens is 1. The fourth-order valence-electron chi connectivity index (χ4n) is 3.96. The van der Waals surface area contributed by atoms with Crippen molar-refractivity contribution in [3.63, 3.8) is 0 Å². The van der Waals surface area contributed by atoms with Gasteiger partial charge in [-0.1, -0.05) is 6.07 Å². The number of ether oxygens (including phenoxy) is 2. The molecule has 6 nitrogen and oxygen atoms in total. The minimum atomic E-state index is -4.41. The monoisotopic (exact) mass is 449 g/mol. The van der Waals surface area contributed by atoms with E-state index in [1.54, 1.807) is 23.1 Å². The second kappa shape index (κ2) is 9.77. The Morgan fingerprint density at radius 2 is 2.00 bits per heavy atom. The molecule has 172 valence electrons. The Morgan fingerprint density at radius 3 is 2.72 bits per heavy atom. The average Bonchev–Trinajstić information content (AvgIpc) is 3.20. The number of halogens is 3. The topological polar surface area (TPSA) is 54.9 Å². The highest BCUT2D eigenvalue weighted by Gasteiger charge is 2.31. The second-order valence-electron chi connectivity index (χ2n) is 8.01. The zero-order valence-corrected chi connectivity index (χ0v) is 17.7. The van der Waals surface area contributed by atoms with Crippen LogP contribution < -0.4 is 9.64 Å². The fourth-order valence-corrected chi connectivity index (χ4v) is 3.96. The SMILES string of the molecule is O=C(c1cccc(OCC2CCCO2)c1)N1CCCN(c2ccc(C(F)(F)F)cn2)CC1. The van der Waals surface area contributed by atoms with Gasteiger partial charge in [-0.15, -0.1) is 0 Å². The predicted octanol–water partition coefficient (Wildman–Crippen LogP) is 4.01. The maximum atomic E-state index is 13.0. The van der Waals surface area contributed by atoms with Gasteiger partial charge >= 0.3 is 6.18 Å². The van der Waals surface area contributed by atoms with E-state index in [4.69, 9.17) is 9.47 Å². The van der Waals surface area contributed by atoms with Gasteiger partial charge in [0.25, 0.3) is 5.91 Å². The first-order valence-electron chi connectivity index (χ1n) is 10.8. The van der Waals surface area contributed by atoms with E-state index in [0.29, 0.717) is 56.3 Å². The third-order valence-corrected chi connectivity index (χ3v) is 5.72. The highest BCUT2D eigenvalue weighted by atomic mass is 19.4. The van der Waals surface area contributed by atoms with E-state index in [2.05, 4.69) is 4.98 Å². The highest BCUT2D eigenvalue weighted by Crippen LogP contribution is 2.29. The van der Waals surface area contributed by atoms with Crippen molar-refractivity contribution in [2.45, 2.75) is 31.5 Å². The van der Waals surface area contributed by atoms with E-state index in [0.717, 1.165) is 31.7 Å². The first kappa shape index (κ1) is 22.4. The summed E-state index contributed by atoms with van der Waals surface area (Å²) in [5.74, 6) is 1.03. The summed E-state index contributed by atoms with van der Waals surface area (Å²) < 4.78 is 49.7. The van der Waals surface area contributed by atoms with Gasteiger partial charge in [0.1, 0.15) is 18.2 Å². The van der Waals surface area contributed by atoms with E-state index in [1.165, 1.54) is 6.07 Å². The van der Waals surface area contributed by atoms with Crippen molar-refractivity contribution >= 4 is 11.7 Å². The summed E-state index contributed by atoms with van der Waals surface area (Å²) in [4.78, 5) is 20.7. The number of hydrogen-bond acceptors (Lipinski definition) is 5. The smallest absolute Gasteiger partial charge is 0.417 e. The first-order chi connectivity index (χ1) is 15.4. The van der Waals surface area contributed by atoms with Crippen LogP contribution in [0.4, 0.5) is 19.0 Å². The van der Waals surface area contributed by atoms with Gasteiger partial charge in [0, 0.05) is 44.5 Å². The van der Waals surface area contributed by atoms with Gasteiger partial charge in [-0.05, 0) is 49.6 Å². The van der Waals surface area contributed by atoms with Crippen LogP contribution in [-0.2, 0) is 10.9 Å². The van der Waals surface area contributed by atoms with E-state index in [9.17, 15) is 18.0 Å². The number of anilines is 1. The van der Waals surface area contributed by atoms with Gasteiger partial charge in [0.2, 0.25) is 0 Å². The molecule has 1 aromatic heterocycles. The number of hydrogen-bond donors (Lipinski definition) is 0. The lowest BCUT2D eigenvalue weighted by Gasteiger charge is -2.23.